The van der Waals surface area contributed by atoms with Gasteiger partial charge in [-0.15, -0.1) is 0 Å². The molecule has 1 unspecified atom stereocenters. The van der Waals surface area contributed by atoms with Gasteiger partial charge in [-0.05, 0) is 24.5 Å². The Bertz CT molecular complexity index is 664. The summed E-state index contributed by atoms with van der Waals surface area (Å²) in [5.41, 5.74) is -0.305. The van der Waals surface area contributed by atoms with Gasteiger partial charge in [-0.2, -0.15) is 0 Å². The molecule has 0 radical (unpaired) electrons. The lowest BCUT2D eigenvalue weighted by Gasteiger charge is -2.30. The molecular weight excluding hydrogens is 256 g/mol. The number of para-hydroxylation sites is 1. The number of benzene rings is 1. The summed E-state index contributed by atoms with van der Waals surface area (Å²) in [7, 11) is 0. The zero-order valence-electron chi connectivity index (χ0n) is 12.3. The number of ether oxygens (including phenoxy) is 1. The van der Waals surface area contributed by atoms with Crippen molar-refractivity contribution in [2.24, 2.45) is 5.41 Å². The predicted molar refractivity (Wildman–Crippen MR) is 78.0 cm³/mol. The third-order valence-electron chi connectivity index (χ3n) is 3.20. The Hall–Kier alpha value is -1.81. The molecule has 0 aliphatic carbocycles. The molecular formula is C16H20O4. The zero-order chi connectivity index (χ0) is 14.9. The van der Waals surface area contributed by atoms with E-state index in [4.69, 9.17) is 9.15 Å². The largest absolute Gasteiger partial charge is 0.507 e. The van der Waals surface area contributed by atoms with Crippen LogP contribution in [0.25, 0.3) is 11.0 Å². The topological polar surface area (TPSA) is 59.7 Å². The lowest BCUT2D eigenvalue weighted by molar-refractivity contribution is -0.0165. The Kier molecular flexibility index (Phi) is 3.86. The quantitative estimate of drug-likeness (QED) is 0.870. The van der Waals surface area contributed by atoms with Crippen LogP contribution in [-0.4, -0.2) is 11.7 Å². The SMILES string of the molecule is CCOC(c1c(O)c2ccccc2oc1=O)C(C)(C)C. The highest BCUT2D eigenvalue weighted by molar-refractivity contribution is 5.84. The zero-order valence-corrected chi connectivity index (χ0v) is 12.3. The molecule has 2 rings (SSSR count). The Balaban J connectivity index is 2.72. The number of hydrogen-bond acceptors (Lipinski definition) is 4. The van der Waals surface area contributed by atoms with Gasteiger partial charge in [0.15, 0.2) is 0 Å². The minimum absolute atomic E-state index is 0.0507. The van der Waals surface area contributed by atoms with E-state index >= 15 is 0 Å². The molecule has 4 nitrogen and oxygen atoms in total. The van der Waals surface area contributed by atoms with Crippen molar-refractivity contribution in [2.75, 3.05) is 6.61 Å². The minimum atomic E-state index is -0.547. The Morgan fingerprint density at radius 1 is 1.30 bits per heavy atom. The first kappa shape index (κ1) is 14.6. The summed E-state index contributed by atoms with van der Waals surface area (Å²) in [5.74, 6) is -0.0507. The maximum atomic E-state index is 12.2. The van der Waals surface area contributed by atoms with Crippen molar-refractivity contribution in [2.45, 2.75) is 33.8 Å². The van der Waals surface area contributed by atoms with Crippen LogP contribution in [0.1, 0.15) is 39.4 Å². The van der Waals surface area contributed by atoms with Crippen molar-refractivity contribution in [3.05, 3.63) is 40.2 Å². The molecule has 0 bridgehead atoms. The summed E-state index contributed by atoms with van der Waals surface area (Å²) in [6.07, 6.45) is -0.520. The summed E-state index contributed by atoms with van der Waals surface area (Å²) in [4.78, 5) is 12.2. The van der Waals surface area contributed by atoms with Crippen molar-refractivity contribution in [1.82, 2.24) is 0 Å². The highest BCUT2D eigenvalue weighted by atomic mass is 16.5. The molecule has 108 valence electrons. The highest BCUT2D eigenvalue weighted by Crippen LogP contribution is 2.40. The number of aromatic hydroxyl groups is 1. The molecule has 0 spiro atoms. The third kappa shape index (κ3) is 2.56. The first-order chi connectivity index (χ1) is 9.36. The molecule has 0 aliphatic heterocycles. The summed E-state index contributed by atoms with van der Waals surface area (Å²) in [6, 6.07) is 6.93. The molecule has 1 heterocycles. The summed E-state index contributed by atoms with van der Waals surface area (Å²) < 4.78 is 11.0. The predicted octanol–water partition coefficient (Wildman–Crippen LogP) is 3.62. The Morgan fingerprint density at radius 3 is 2.55 bits per heavy atom. The molecule has 2 aromatic rings. The van der Waals surface area contributed by atoms with Crippen LogP contribution in [0.15, 0.2) is 33.5 Å². The van der Waals surface area contributed by atoms with Gasteiger partial charge in [0.25, 0.3) is 0 Å². The van der Waals surface area contributed by atoms with E-state index < -0.39 is 11.7 Å². The van der Waals surface area contributed by atoms with E-state index in [1.165, 1.54) is 0 Å². The van der Waals surface area contributed by atoms with Gasteiger partial charge < -0.3 is 14.3 Å². The van der Waals surface area contributed by atoms with Gasteiger partial charge in [0.05, 0.1) is 11.5 Å². The van der Waals surface area contributed by atoms with Gasteiger partial charge in [0.2, 0.25) is 0 Å². The molecule has 0 aliphatic rings. The van der Waals surface area contributed by atoms with Gasteiger partial charge in [0, 0.05) is 6.61 Å². The van der Waals surface area contributed by atoms with Crippen molar-refractivity contribution in [3.8, 4) is 5.75 Å². The normalized spacial score (nSPS) is 13.6. The molecule has 0 saturated heterocycles. The van der Waals surface area contributed by atoms with Gasteiger partial charge in [-0.1, -0.05) is 32.9 Å². The van der Waals surface area contributed by atoms with Crippen LogP contribution in [-0.2, 0) is 4.74 Å². The van der Waals surface area contributed by atoms with Crippen LogP contribution < -0.4 is 5.63 Å². The van der Waals surface area contributed by atoms with Crippen molar-refractivity contribution in [1.29, 1.82) is 0 Å². The fourth-order valence-corrected chi connectivity index (χ4v) is 2.31. The fraction of sp³-hybridized carbons (Fsp3) is 0.438. The summed E-state index contributed by atoms with van der Waals surface area (Å²) in [5, 5.41) is 11.0. The maximum Gasteiger partial charge on any atom is 0.345 e. The van der Waals surface area contributed by atoms with Crippen LogP contribution >= 0.6 is 0 Å². The second-order valence-corrected chi connectivity index (χ2v) is 5.85. The van der Waals surface area contributed by atoms with E-state index in [-0.39, 0.29) is 16.7 Å². The molecule has 0 saturated carbocycles. The van der Waals surface area contributed by atoms with Crippen LogP contribution in [0.3, 0.4) is 0 Å². The molecule has 0 amide bonds. The molecule has 1 N–H and O–H groups in total. The number of rotatable bonds is 3. The van der Waals surface area contributed by atoms with Gasteiger partial charge >= 0.3 is 5.63 Å². The van der Waals surface area contributed by atoms with Crippen molar-refractivity contribution in [3.63, 3.8) is 0 Å². The molecule has 20 heavy (non-hydrogen) atoms. The molecule has 0 fully saturated rings. The van der Waals surface area contributed by atoms with Crippen molar-refractivity contribution < 1.29 is 14.3 Å². The highest BCUT2D eigenvalue weighted by Gasteiger charge is 2.33. The standard InChI is InChI=1S/C16H20O4/c1-5-19-14(16(2,3)4)12-13(17)10-8-6-7-9-11(10)20-15(12)18/h6-9,14,17H,5H2,1-4H3. The van der Waals surface area contributed by atoms with E-state index in [1.807, 2.05) is 27.7 Å². The minimum Gasteiger partial charge on any atom is -0.507 e. The van der Waals surface area contributed by atoms with E-state index in [9.17, 15) is 9.90 Å². The van der Waals surface area contributed by atoms with E-state index in [2.05, 4.69) is 0 Å². The Labute approximate surface area is 118 Å². The smallest absolute Gasteiger partial charge is 0.345 e. The maximum absolute atomic E-state index is 12.2. The van der Waals surface area contributed by atoms with Crippen LogP contribution in [0.4, 0.5) is 0 Å². The van der Waals surface area contributed by atoms with E-state index in [1.54, 1.807) is 24.3 Å². The van der Waals surface area contributed by atoms with Gasteiger partial charge in [0.1, 0.15) is 16.9 Å². The van der Waals surface area contributed by atoms with Crippen LogP contribution in [0.2, 0.25) is 0 Å². The van der Waals surface area contributed by atoms with Gasteiger partial charge in [-0.25, -0.2) is 4.79 Å². The Morgan fingerprint density at radius 2 is 1.95 bits per heavy atom. The molecule has 1 aromatic heterocycles. The van der Waals surface area contributed by atoms with Crippen molar-refractivity contribution >= 4 is 11.0 Å². The number of fused-ring (bicyclic) bond motifs is 1. The first-order valence-corrected chi connectivity index (χ1v) is 6.72. The van der Waals surface area contributed by atoms with E-state index in [0.717, 1.165) is 0 Å². The molecule has 4 heteroatoms. The second-order valence-electron chi connectivity index (χ2n) is 5.85. The van der Waals surface area contributed by atoms with Crippen LogP contribution in [0.5, 0.6) is 5.75 Å². The lowest BCUT2D eigenvalue weighted by Crippen LogP contribution is -2.26. The monoisotopic (exact) mass is 276 g/mol. The second kappa shape index (κ2) is 5.29. The molecule has 1 aromatic carbocycles. The average molecular weight is 276 g/mol. The van der Waals surface area contributed by atoms with Gasteiger partial charge in [-0.3, -0.25) is 0 Å². The van der Waals surface area contributed by atoms with Crippen LogP contribution in [0, 0.1) is 5.41 Å². The average Bonchev–Trinajstić information content (AvgIpc) is 2.36. The number of hydrogen-bond donors (Lipinski definition) is 1. The summed E-state index contributed by atoms with van der Waals surface area (Å²) >= 11 is 0. The fourth-order valence-electron chi connectivity index (χ4n) is 2.31. The first-order valence-electron chi connectivity index (χ1n) is 6.72. The molecule has 1 atom stereocenters. The summed E-state index contributed by atoms with van der Waals surface area (Å²) in [6.45, 7) is 8.19. The lowest BCUT2D eigenvalue weighted by atomic mass is 9.84. The van der Waals surface area contributed by atoms with E-state index in [0.29, 0.717) is 17.6 Å². The third-order valence-corrected chi connectivity index (χ3v) is 3.20.